The highest BCUT2D eigenvalue weighted by molar-refractivity contribution is 5.67. The summed E-state index contributed by atoms with van der Waals surface area (Å²) in [5.41, 5.74) is 5.94. The predicted octanol–water partition coefficient (Wildman–Crippen LogP) is 3.10. The third kappa shape index (κ3) is 3.31. The van der Waals surface area contributed by atoms with Crippen molar-refractivity contribution < 1.29 is 0 Å². The Morgan fingerprint density at radius 1 is 1.24 bits per heavy atom. The maximum Gasteiger partial charge on any atom is 0.148 e. The average Bonchev–Trinajstić information content (AvgIpc) is 2.48. The smallest absolute Gasteiger partial charge is 0.148 e. The summed E-state index contributed by atoms with van der Waals surface area (Å²) in [6, 6.07) is 8.34. The first-order valence-electron chi connectivity index (χ1n) is 7.21. The van der Waals surface area contributed by atoms with E-state index in [1.165, 1.54) is 5.56 Å². The molecule has 0 unspecified atom stereocenters. The molecule has 112 valence electrons. The summed E-state index contributed by atoms with van der Waals surface area (Å²) in [5.74, 6) is 7.96. The highest BCUT2D eigenvalue weighted by Gasteiger charge is 2.15. The zero-order valence-corrected chi connectivity index (χ0v) is 13.1. The van der Waals surface area contributed by atoms with Crippen LogP contribution >= 0.6 is 0 Å². The number of nitrogens with zero attached hydrogens (tertiary/aromatic N) is 3. The molecule has 5 heteroatoms. The summed E-state index contributed by atoms with van der Waals surface area (Å²) in [4.78, 5) is 11.2. The summed E-state index contributed by atoms with van der Waals surface area (Å²) < 4.78 is 0. The minimum absolute atomic E-state index is 0.683. The van der Waals surface area contributed by atoms with Gasteiger partial charge in [-0.1, -0.05) is 19.1 Å². The van der Waals surface area contributed by atoms with Gasteiger partial charge in [0.25, 0.3) is 0 Å². The van der Waals surface area contributed by atoms with E-state index in [2.05, 4.69) is 47.4 Å². The molecular formula is C16H23N5. The number of hydrazine groups is 1. The maximum absolute atomic E-state index is 5.59. The lowest BCUT2D eigenvalue weighted by Crippen LogP contribution is -2.18. The molecule has 1 aromatic carbocycles. The molecule has 0 aliphatic carbocycles. The van der Waals surface area contributed by atoms with Gasteiger partial charge < -0.3 is 10.3 Å². The van der Waals surface area contributed by atoms with E-state index in [4.69, 9.17) is 10.8 Å². The lowest BCUT2D eigenvalue weighted by molar-refractivity contribution is 0.827. The fourth-order valence-corrected chi connectivity index (χ4v) is 2.31. The molecule has 0 aliphatic rings. The van der Waals surface area contributed by atoms with Gasteiger partial charge in [0.05, 0.1) is 0 Å². The quantitative estimate of drug-likeness (QED) is 0.652. The van der Waals surface area contributed by atoms with Gasteiger partial charge in [-0.2, -0.15) is 0 Å². The first-order valence-corrected chi connectivity index (χ1v) is 7.21. The summed E-state index contributed by atoms with van der Waals surface area (Å²) in [6.07, 6.45) is 1.84. The van der Waals surface area contributed by atoms with E-state index in [-0.39, 0.29) is 0 Å². The zero-order chi connectivity index (χ0) is 15.4. The van der Waals surface area contributed by atoms with Crippen LogP contribution in [-0.4, -0.2) is 17.0 Å². The molecule has 0 amide bonds. The Morgan fingerprint density at radius 2 is 2.00 bits per heavy atom. The fourth-order valence-electron chi connectivity index (χ4n) is 2.31. The van der Waals surface area contributed by atoms with E-state index in [0.29, 0.717) is 5.82 Å². The third-order valence-electron chi connectivity index (χ3n) is 3.48. The van der Waals surface area contributed by atoms with Crippen LogP contribution in [0.15, 0.2) is 24.3 Å². The molecule has 0 bridgehead atoms. The molecule has 3 N–H and O–H groups in total. The predicted molar refractivity (Wildman–Crippen MR) is 87.8 cm³/mol. The van der Waals surface area contributed by atoms with Crippen molar-refractivity contribution in [3.05, 3.63) is 41.2 Å². The van der Waals surface area contributed by atoms with Crippen LogP contribution in [-0.2, 0) is 6.42 Å². The Morgan fingerprint density at radius 3 is 2.62 bits per heavy atom. The van der Waals surface area contributed by atoms with Crippen LogP contribution in [0.4, 0.5) is 17.3 Å². The van der Waals surface area contributed by atoms with Crippen LogP contribution < -0.4 is 16.2 Å². The average molecular weight is 285 g/mol. The van der Waals surface area contributed by atoms with Crippen LogP contribution in [0.5, 0.6) is 0 Å². The van der Waals surface area contributed by atoms with Crippen LogP contribution in [0.1, 0.15) is 30.3 Å². The SMILES string of the molecule is CCCc1nc(NN)c(C)c(N(C)c2cccc(C)c2)n1. The largest absolute Gasteiger partial charge is 0.329 e. The minimum atomic E-state index is 0.683. The molecule has 1 heterocycles. The van der Waals surface area contributed by atoms with E-state index >= 15 is 0 Å². The number of nitrogens with two attached hydrogens (primary N) is 1. The van der Waals surface area contributed by atoms with Crippen molar-refractivity contribution in [2.45, 2.75) is 33.6 Å². The molecule has 0 saturated heterocycles. The first kappa shape index (κ1) is 15.3. The summed E-state index contributed by atoms with van der Waals surface area (Å²) in [5, 5.41) is 0. The highest BCUT2D eigenvalue weighted by atomic mass is 15.3. The first-order chi connectivity index (χ1) is 10.1. The van der Waals surface area contributed by atoms with Crippen LogP contribution in [0.25, 0.3) is 0 Å². The van der Waals surface area contributed by atoms with E-state index in [0.717, 1.165) is 35.7 Å². The number of rotatable bonds is 5. The van der Waals surface area contributed by atoms with Crippen molar-refractivity contribution in [3.8, 4) is 0 Å². The number of hydrogen-bond acceptors (Lipinski definition) is 5. The molecule has 0 fully saturated rings. The number of nitrogen functional groups attached to an aromatic ring is 1. The Balaban J connectivity index is 2.48. The number of aromatic nitrogens is 2. The van der Waals surface area contributed by atoms with Crippen molar-refractivity contribution in [2.24, 2.45) is 5.84 Å². The molecule has 1 aromatic heterocycles. The van der Waals surface area contributed by atoms with Gasteiger partial charge in [-0.3, -0.25) is 0 Å². The number of hydrogen-bond donors (Lipinski definition) is 2. The summed E-state index contributed by atoms with van der Waals surface area (Å²) in [7, 11) is 2.01. The number of aryl methyl sites for hydroxylation is 2. The van der Waals surface area contributed by atoms with Gasteiger partial charge in [-0.25, -0.2) is 15.8 Å². The lowest BCUT2D eigenvalue weighted by atomic mass is 10.2. The summed E-state index contributed by atoms with van der Waals surface area (Å²) in [6.45, 7) is 6.18. The standard InChI is InChI=1S/C16H23N5/c1-5-7-14-18-15(20-17)12(3)16(19-14)21(4)13-9-6-8-11(2)10-13/h6,8-10H,5,7,17H2,1-4H3,(H,18,19,20). The second kappa shape index (κ2) is 6.54. The molecular weight excluding hydrogens is 262 g/mol. The van der Waals surface area contributed by atoms with Crippen molar-refractivity contribution in [2.75, 3.05) is 17.4 Å². The third-order valence-corrected chi connectivity index (χ3v) is 3.48. The molecule has 0 saturated carbocycles. The lowest BCUT2D eigenvalue weighted by Gasteiger charge is -2.22. The molecule has 0 atom stereocenters. The van der Waals surface area contributed by atoms with Crippen LogP contribution in [0.2, 0.25) is 0 Å². The maximum atomic E-state index is 5.59. The Bertz CT molecular complexity index is 624. The number of nitrogens with one attached hydrogen (secondary N) is 1. The van der Waals surface area contributed by atoms with Crippen molar-refractivity contribution >= 4 is 17.3 Å². The molecule has 21 heavy (non-hydrogen) atoms. The van der Waals surface area contributed by atoms with Gasteiger partial charge in [0.15, 0.2) is 0 Å². The summed E-state index contributed by atoms with van der Waals surface area (Å²) >= 11 is 0. The van der Waals surface area contributed by atoms with Crippen molar-refractivity contribution in [3.63, 3.8) is 0 Å². The van der Waals surface area contributed by atoms with E-state index in [1.807, 2.05) is 20.0 Å². The Kier molecular flexibility index (Phi) is 4.75. The molecule has 0 radical (unpaired) electrons. The number of anilines is 3. The van der Waals surface area contributed by atoms with E-state index in [1.54, 1.807) is 0 Å². The van der Waals surface area contributed by atoms with E-state index < -0.39 is 0 Å². The molecule has 2 aromatic rings. The van der Waals surface area contributed by atoms with Crippen molar-refractivity contribution in [1.82, 2.24) is 9.97 Å². The Hall–Kier alpha value is -2.14. The molecule has 0 aliphatic heterocycles. The number of benzene rings is 1. The van der Waals surface area contributed by atoms with Crippen LogP contribution in [0, 0.1) is 13.8 Å². The minimum Gasteiger partial charge on any atom is -0.329 e. The fraction of sp³-hybridized carbons (Fsp3) is 0.375. The van der Waals surface area contributed by atoms with E-state index in [9.17, 15) is 0 Å². The topological polar surface area (TPSA) is 67.1 Å². The van der Waals surface area contributed by atoms with Gasteiger partial charge in [0.1, 0.15) is 17.5 Å². The van der Waals surface area contributed by atoms with Gasteiger partial charge in [0.2, 0.25) is 0 Å². The van der Waals surface area contributed by atoms with Crippen molar-refractivity contribution in [1.29, 1.82) is 0 Å². The Labute approximate surface area is 126 Å². The molecule has 0 spiro atoms. The second-order valence-electron chi connectivity index (χ2n) is 5.23. The second-order valence-corrected chi connectivity index (χ2v) is 5.23. The molecule has 5 nitrogen and oxygen atoms in total. The van der Waals surface area contributed by atoms with Gasteiger partial charge in [-0.15, -0.1) is 0 Å². The molecule has 2 rings (SSSR count). The monoisotopic (exact) mass is 285 g/mol. The highest BCUT2D eigenvalue weighted by Crippen LogP contribution is 2.28. The van der Waals surface area contributed by atoms with Gasteiger partial charge in [0, 0.05) is 24.7 Å². The zero-order valence-electron chi connectivity index (χ0n) is 13.1. The van der Waals surface area contributed by atoms with Crippen LogP contribution in [0.3, 0.4) is 0 Å². The van der Waals surface area contributed by atoms with Gasteiger partial charge >= 0.3 is 0 Å². The normalized spacial score (nSPS) is 10.5. The van der Waals surface area contributed by atoms with Gasteiger partial charge in [-0.05, 0) is 38.0 Å².